The van der Waals surface area contributed by atoms with E-state index in [0.29, 0.717) is 10.6 Å². The molecule has 86 valence electrons. The molecule has 0 unspecified atom stereocenters. The van der Waals surface area contributed by atoms with Gasteiger partial charge in [0.25, 0.3) is 6.43 Å². The molecule has 0 saturated heterocycles. The maximum absolute atomic E-state index is 11.7. The second-order valence-corrected chi connectivity index (χ2v) is 3.11. The van der Waals surface area contributed by atoms with E-state index >= 15 is 0 Å². The van der Waals surface area contributed by atoms with Crippen LogP contribution in [0, 0.1) is 4.77 Å². The average Bonchev–Trinajstić information content (AvgIpc) is 2.54. The van der Waals surface area contributed by atoms with E-state index in [1.54, 1.807) is 0 Å². The van der Waals surface area contributed by atoms with Crippen molar-refractivity contribution in [1.82, 2.24) is 14.8 Å². The zero-order chi connectivity index (χ0) is 11.3. The lowest BCUT2D eigenvalue weighted by molar-refractivity contribution is 0.0143. The predicted molar refractivity (Wildman–Crippen MR) is 50.2 cm³/mol. The van der Waals surface area contributed by atoms with E-state index in [9.17, 15) is 8.78 Å². The number of halogens is 2. The van der Waals surface area contributed by atoms with Crippen LogP contribution in [0.2, 0.25) is 0 Å². The lowest BCUT2D eigenvalue weighted by atomic mass is 10.6. The first-order valence-electron chi connectivity index (χ1n) is 4.26. The van der Waals surface area contributed by atoms with Gasteiger partial charge in [0.1, 0.15) is 13.2 Å². The number of aromatic nitrogens is 3. The zero-order valence-corrected chi connectivity index (χ0v) is 8.64. The van der Waals surface area contributed by atoms with E-state index in [-0.39, 0.29) is 19.8 Å². The number of aromatic amines is 1. The van der Waals surface area contributed by atoms with E-state index in [1.165, 1.54) is 4.57 Å². The molecule has 5 nitrogen and oxygen atoms in total. The highest BCUT2D eigenvalue weighted by atomic mass is 32.1. The van der Waals surface area contributed by atoms with Gasteiger partial charge < -0.3 is 9.84 Å². The van der Waals surface area contributed by atoms with Gasteiger partial charge in [0, 0.05) is 0 Å². The standard InChI is InChI=1S/C7H11F2N3O2S/c8-5(9)4-14-2-1-12-6(3-13)10-11-7(12)15/h5,13H,1-4H2,(H,11,15). The number of H-pyrrole nitrogens is 1. The third-order valence-corrected chi connectivity index (χ3v) is 1.99. The summed E-state index contributed by atoms with van der Waals surface area (Å²) in [5.74, 6) is 0.362. The molecule has 2 N–H and O–H groups in total. The Bertz CT molecular complexity index is 352. The summed E-state index contributed by atoms with van der Waals surface area (Å²) >= 11 is 4.87. The largest absolute Gasteiger partial charge is 0.388 e. The van der Waals surface area contributed by atoms with Crippen LogP contribution in [0.5, 0.6) is 0 Å². The monoisotopic (exact) mass is 239 g/mol. The molecule has 1 heterocycles. The minimum Gasteiger partial charge on any atom is -0.388 e. The number of alkyl halides is 2. The first-order chi connectivity index (χ1) is 7.15. The lowest BCUT2D eigenvalue weighted by Crippen LogP contribution is -2.12. The number of rotatable bonds is 6. The van der Waals surface area contributed by atoms with E-state index in [4.69, 9.17) is 17.3 Å². The first kappa shape index (κ1) is 12.2. The molecule has 0 aliphatic heterocycles. The van der Waals surface area contributed by atoms with E-state index in [2.05, 4.69) is 14.9 Å². The second kappa shape index (κ2) is 5.89. The highest BCUT2D eigenvalue weighted by Gasteiger charge is 2.05. The van der Waals surface area contributed by atoms with Gasteiger partial charge >= 0.3 is 0 Å². The lowest BCUT2D eigenvalue weighted by Gasteiger charge is -2.05. The highest BCUT2D eigenvalue weighted by Crippen LogP contribution is 1.99. The smallest absolute Gasteiger partial charge is 0.261 e. The molecule has 15 heavy (non-hydrogen) atoms. The van der Waals surface area contributed by atoms with Crippen molar-refractivity contribution in [3.63, 3.8) is 0 Å². The van der Waals surface area contributed by atoms with Crippen molar-refractivity contribution < 1.29 is 18.6 Å². The number of nitrogens with one attached hydrogen (secondary N) is 1. The molecule has 0 bridgehead atoms. The molecule has 1 aromatic rings. The third kappa shape index (κ3) is 3.65. The zero-order valence-electron chi connectivity index (χ0n) is 7.82. The van der Waals surface area contributed by atoms with Gasteiger partial charge in [-0.15, -0.1) is 0 Å². The van der Waals surface area contributed by atoms with Crippen LogP contribution in [0.1, 0.15) is 5.82 Å². The van der Waals surface area contributed by atoms with Crippen molar-refractivity contribution in [2.45, 2.75) is 19.6 Å². The summed E-state index contributed by atoms with van der Waals surface area (Å²) in [5.41, 5.74) is 0. The van der Waals surface area contributed by atoms with Crippen molar-refractivity contribution in [3.8, 4) is 0 Å². The molecule has 0 atom stereocenters. The molecule has 0 aromatic carbocycles. The molecule has 0 saturated carbocycles. The Balaban J connectivity index is 2.43. The summed E-state index contributed by atoms with van der Waals surface area (Å²) in [4.78, 5) is 0. The van der Waals surface area contributed by atoms with Crippen molar-refractivity contribution in [1.29, 1.82) is 0 Å². The quantitative estimate of drug-likeness (QED) is 0.567. The first-order valence-corrected chi connectivity index (χ1v) is 4.66. The Labute approximate surface area is 89.7 Å². The van der Waals surface area contributed by atoms with Gasteiger partial charge in [0.05, 0.1) is 13.2 Å². The number of ether oxygens (including phenoxy) is 1. The van der Waals surface area contributed by atoms with Gasteiger partial charge in [-0.3, -0.25) is 9.67 Å². The van der Waals surface area contributed by atoms with E-state index in [0.717, 1.165) is 0 Å². The van der Waals surface area contributed by atoms with Crippen LogP contribution in [0.4, 0.5) is 8.78 Å². The Morgan fingerprint density at radius 1 is 1.60 bits per heavy atom. The summed E-state index contributed by atoms with van der Waals surface area (Å²) < 4.78 is 29.9. The van der Waals surface area contributed by atoms with Crippen LogP contribution in [0.15, 0.2) is 0 Å². The molecule has 0 amide bonds. The Hall–Kier alpha value is -0.860. The van der Waals surface area contributed by atoms with Gasteiger partial charge in [0.15, 0.2) is 10.6 Å². The van der Waals surface area contributed by atoms with Gasteiger partial charge in [-0.05, 0) is 12.2 Å². The van der Waals surface area contributed by atoms with E-state index in [1.807, 2.05) is 0 Å². The Morgan fingerprint density at radius 2 is 2.33 bits per heavy atom. The summed E-state index contributed by atoms with van der Waals surface area (Å²) in [6.45, 7) is -0.468. The van der Waals surface area contributed by atoms with Crippen LogP contribution in [-0.2, 0) is 17.9 Å². The maximum atomic E-state index is 11.7. The van der Waals surface area contributed by atoms with Crippen LogP contribution in [0.3, 0.4) is 0 Å². The number of aliphatic hydroxyl groups excluding tert-OH is 1. The number of nitrogens with zero attached hydrogens (tertiary/aromatic N) is 2. The molecular formula is C7H11F2N3O2S. The number of hydrogen-bond donors (Lipinski definition) is 2. The minimum atomic E-state index is -2.47. The van der Waals surface area contributed by atoms with Gasteiger partial charge in [-0.2, -0.15) is 5.10 Å². The fourth-order valence-electron chi connectivity index (χ4n) is 1.03. The molecule has 1 rings (SSSR count). The fraction of sp³-hybridized carbons (Fsp3) is 0.714. The summed E-state index contributed by atoms with van der Waals surface area (Å²) in [5, 5.41) is 15.1. The summed E-state index contributed by atoms with van der Waals surface area (Å²) in [6.07, 6.45) is -2.47. The van der Waals surface area contributed by atoms with Crippen molar-refractivity contribution in [2.24, 2.45) is 0 Å². The van der Waals surface area contributed by atoms with Crippen LogP contribution >= 0.6 is 12.2 Å². The van der Waals surface area contributed by atoms with Gasteiger partial charge in [-0.1, -0.05) is 0 Å². The Kier molecular flexibility index (Phi) is 4.79. The minimum absolute atomic E-state index is 0.102. The highest BCUT2D eigenvalue weighted by molar-refractivity contribution is 7.71. The predicted octanol–water partition coefficient (Wildman–Crippen LogP) is 0.715. The SMILES string of the molecule is OCc1n[nH]c(=S)n1CCOCC(F)F. The summed E-state index contributed by atoms with van der Waals surface area (Å²) in [7, 11) is 0. The summed E-state index contributed by atoms with van der Waals surface area (Å²) in [6, 6.07) is 0. The average molecular weight is 239 g/mol. The molecule has 0 radical (unpaired) electrons. The van der Waals surface area contributed by atoms with Crippen LogP contribution < -0.4 is 0 Å². The molecule has 0 fully saturated rings. The maximum Gasteiger partial charge on any atom is 0.261 e. The molecule has 0 aliphatic carbocycles. The van der Waals surface area contributed by atoms with Crippen molar-refractivity contribution in [2.75, 3.05) is 13.2 Å². The normalized spacial score (nSPS) is 11.2. The van der Waals surface area contributed by atoms with Gasteiger partial charge in [-0.25, -0.2) is 8.78 Å². The van der Waals surface area contributed by atoms with Crippen molar-refractivity contribution >= 4 is 12.2 Å². The second-order valence-electron chi connectivity index (χ2n) is 2.72. The topological polar surface area (TPSA) is 63.1 Å². The van der Waals surface area contributed by atoms with Gasteiger partial charge in [0.2, 0.25) is 0 Å². The molecular weight excluding hydrogens is 228 g/mol. The van der Waals surface area contributed by atoms with Crippen molar-refractivity contribution in [3.05, 3.63) is 10.6 Å². The number of hydrogen-bond acceptors (Lipinski definition) is 4. The molecule has 8 heteroatoms. The van der Waals surface area contributed by atoms with Crippen LogP contribution in [-0.4, -0.2) is 39.5 Å². The fourth-order valence-corrected chi connectivity index (χ4v) is 1.27. The van der Waals surface area contributed by atoms with Crippen LogP contribution in [0.25, 0.3) is 0 Å². The molecule has 0 spiro atoms. The third-order valence-electron chi connectivity index (χ3n) is 1.68. The molecule has 0 aliphatic rings. The number of aliphatic hydroxyl groups is 1. The molecule has 1 aromatic heterocycles. The van der Waals surface area contributed by atoms with E-state index < -0.39 is 13.0 Å². The Morgan fingerprint density at radius 3 is 2.93 bits per heavy atom.